The molecule has 3 amide bonds. The number of amides is 3. The molecule has 9 heteroatoms. The van der Waals surface area contributed by atoms with Crippen LogP contribution in [0.25, 0.3) is 0 Å². The number of aromatic nitrogens is 1. The van der Waals surface area contributed by atoms with Crippen molar-refractivity contribution >= 4 is 29.7 Å². The van der Waals surface area contributed by atoms with Gasteiger partial charge >= 0.3 is 12.0 Å². The zero-order valence-electron chi connectivity index (χ0n) is 15.0. The summed E-state index contributed by atoms with van der Waals surface area (Å²) in [6.07, 6.45) is 0. The zero-order valence-corrected chi connectivity index (χ0v) is 15.8. The van der Waals surface area contributed by atoms with E-state index in [4.69, 9.17) is 9.26 Å². The highest BCUT2D eigenvalue weighted by molar-refractivity contribution is 7.98. The van der Waals surface area contributed by atoms with Gasteiger partial charge in [-0.15, -0.1) is 11.8 Å². The third-order valence-corrected chi connectivity index (χ3v) is 5.24. The van der Waals surface area contributed by atoms with Crippen molar-refractivity contribution in [3.05, 3.63) is 46.8 Å². The van der Waals surface area contributed by atoms with Gasteiger partial charge in [0.25, 0.3) is 5.91 Å². The molecule has 0 aliphatic carbocycles. The van der Waals surface area contributed by atoms with Crippen molar-refractivity contribution in [2.75, 3.05) is 19.7 Å². The van der Waals surface area contributed by atoms with Gasteiger partial charge in [0, 0.05) is 29.3 Å². The molecule has 1 aliphatic heterocycles. The van der Waals surface area contributed by atoms with Crippen LogP contribution in [0.15, 0.2) is 33.7 Å². The molecule has 1 aromatic heterocycles. The lowest BCUT2D eigenvalue weighted by Crippen LogP contribution is -2.37. The number of urea groups is 1. The maximum absolute atomic E-state index is 12.4. The first-order chi connectivity index (χ1) is 13.0. The zero-order chi connectivity index (χ0) is 19.4. The van der Waals surface area contributed by atoms with Gasteiger partial charge in [-0.05, 0) is 26.0 Å². The molecule has 2 heterocycles. The molecule has 27 heavy (non-hydrogen) atoms. The van der Waals surface area contributed by atoms with Gasteiger partial charge in [-0.25, -0.2) is 9.59 Å². The summed E-state index contributed by atoms with van der Waals surface area (Å²) in [4.78, 5) is 37.7. The lowest BCUT2D eigenvalue weighted by atomic mass is 10.2. The molecule has 1 fully saturated rings. The van der Waals surface area contributed by atoms with Crippen molar-refractivity contribution in [3.8, 4) is 0 Å². The average Bonchev–Trinajstić information content (AvgIpc) is 3.23. The highest BCUT2D eigenvalue weighted by Crippen LogP contribution is 2.29. The van der Waals surface area contributed by atoms with Gasteiger partial charge in [-0.3, -0.25) is 9.69 Å². The minimum Gasteiger partial charge on any atom is -0.452 e. The largest absolute Gasteiger partial charge is 0.452 e. The predicted molar refractivity (Wildman–Crippen MR) is 97.4 cm³/mol. The quantitative estimate of drug-likeness (QED) is 0.597. The Balaban J connectivity index is 1.63. The number of thioether (sulfide) groups is 1. The Bertz CT molecular complexity index is 860. The average molecular weight is 389 g/mol. The molecule has 142 valence electrons. The smallest absolute Gasteiger partial charge is 0.339 e. The number of nitrogens with one attached hydrogen (secondary N) is 1. The van der Waals surface area contributed by atoms with Crippen LogP contribution in [-0.2, 0) is 15.3 Å². The van der Waals surface area contributed by atoms with Gasteiger partial charge in [0.2, 0.25) is 0 Å². The maximum Gasteiger partial charge on any atom is 0.339 e. The molecular weight excluding hydrogens is 370 g/mol. The summed E-state index contributed by atoms with van der Waals surface area (Å²) in [5.74, 6) is 0.191. The highest BCUT2D eigenvalue weighted by atomic mass is 32.2. The minimum atomic E-state index is -0.607. The number of hydrogen-bond acceptors (Lipinski definition) is 7. The Morgan fingerprint density at radius 3 is 2.78 bits per heavy atom. The molecule has 1 N–H and O–H groups in total. The van der Waals surface area contributed by atoms with Crippen LogP contribution in [0.1, 0.15) is 27.4 Å². The van der Waals surface area contributed by atoms with Gasteiger partial charge in [0.15, 0.2) is 6.61 Å². The summed E-state index contributed by atoms with van der Waals surface area (Å²) in [6, 6.07) is 6.55. The molecular formula is C18H19N3O5S. The number of carbonyl (C=O) groups excluding carboxylic acids is 3. The van der Waals surface area contributed by atoms with E-state index in [2.05, 4.69) is 10.5 Å². The SMILES string of the molecule is Cc1noc(C)c1CSc1ccccc1C(=O)OCC(=O)N1CCNC1=O. The number of esters is 1. The summed E-state index contributed by atoms with van der Waals surface area (Å²) in [7, 11) is 0. The van der Waals surface area contributed by atoms with Gasteiger partial charge in [0.05, 0.1) is 11.3 Å². The summed E-state index contributed by atoms with van der Waals surface area (Å²) in [6.45, 7) is 3.91. The summed E-state index contributed by atoms with van der Waals surface area (Å²) in [5, 5.41) is 6.45. The molecule has 1 saturated heterocycles. The second-order valence-electron chi connectivity index (χ2n) is 5.94. The Kier molecular flexibility index (Phi) is 5.80. The van der Waals surface area contributed by atoms with Crippen LogP contribution in [0.5, 0.6) is 0 Å². The van der Waals surface area contributed by atoms with Crippen molar-refractivity contribution < 1.29 is 23.6 Å². The Labute approximate surface area is 160 Å². The molecule has 1 aliphatic rings. The van der Waals surface area contributed by atoms with Crippen LogP contribution < -0.4 is 5.32 Å². The monoisotopic (exact) mass is 389 g/mol. The number of carbonyl (C=O) groups is 3. The van der Waals surface area contributed by atoms with E-state index in [0.717, 1.165) is 26.8 Å². The van der Waals surface area contributed by atoms with Crippen molar-refractivity contribution in [2.24, 2.45) is 0 Å². The standard InChI is InChI=1S/C18H19N3O5S/c1-11-14(12(2)26-20-11)10-27-15-6-4-3-5-13(15)17(23)25-9-16(22)21-8-7-19-18(21)24/h3-6H,7-10H2,1-2H3,(H,19,24). The van der Waals surface area contributed by atoms with Crippen LogP contribution in [0.2, 0.25) is 0 Å². The number of hydrogen-bond donors (Lipinski definition) is 1. The van der Waals surface area contributed by atoms with Crippen molar-refractivity contribution in [1.82, 2.24) is 15.4 Å². The first kappa shape index (κ1) is 19.0. The minimum absolute atomic E-state index is 0.277. The second-order valence-corrected chi connectivity index (χ2v) is 6.96. The molecule has 0 atom stereocenters. The van der Waals surface area contributed by atoms with Crippen molar-refractivity contribution in [2.45, 2.75) is 24.5 Å². The van der Waals surface area contributed by atoms with Crippen molar-refractivity contribution in [3.63, 3.8) is 0 Å². The molecule has 0 spiro atoms. The van der Waals surface area contributed by atoms with Crippen LogP contribution in [-0.4, -0.2) is 47.7 Å². The number of rotatable bonds is 6. The van der Waals surface area contributed by atoms with Gasteiger partial charge in [0.1, 0.15) is 5.76 Å². The number of nitrogens with zero attached hydrogens (tertiary/aromatic N) is 2. The van der Waals surface area contributed by atoms with Gasteiger partial charge < -0.3 is 14.6 Å². The van der Waals surface area contributed by atoms with Crippen LogP contribution >= 0.6 is 11.8 Å². The fourth-order valence-electron chi connectivity index (χ4n) is 2.61. The number of aryl methyl sites for hydroxylation is 2. The third kappa shape index (κ3) is 4.30. The highest BCUT2D eigenvalue weighted by Gasteiger charge is 2.27. The molecule has 3 rings (SSSR count). The number of ether oxygens (including phenoxy) is 1. The van der Waals surface area contributed by atoms with Crippen molar-refractivity contribution in [1.29, 1.82) is 0 Å². The van der Waals surface area contributed by atoms with Crippen LogP contribution in [0, 0.1) is 13.8 Å². The lowest BCUT2D eigenvalue weighted by Gasteiger charge is -2.13. The number of benzene rings is 1. The van der Waals surface area contributed by atoms with E-state index in [1.165, 1.54) is 11.8 Å². The first-order valence-electron chi connectivity index (χ1n) is 8.36. The van der Waals surface area contributed by atoms with Crippen LogP contribution in [0.4, 0.5) is 4.79 Å². The molecule has 0 saturated carbocycles. The maximum atomic E-state index is 12.4. The molecule has 1 aromatic carbocycles. The fraction of sp³-hybridized carbons (Fsp3) is 0.333. The lowest BCUT2D eigenvalue weighted by molar-refractivity contribution is -0.130. The van der Waals surface area contributed by atoms with E-state index in [0.29, 0.717) is 17.9 Å². The van der Waals surface area contributed by atoms with Crippen LogP contribution in [0.3, 0.4) is 0 Å². The Morgan fingerprint density at radius 2 is 2.11 bits per heavy atom. The molecule has 2 aromatic rings. The molecule has 0 bridgehead atoms. The third-order valence-electron chi connectivity index (χ3n) is 4.14. The molecule has 0 unspecified atom stereocenters. The van der Waals surface area contributed by atoms with Gasteiger partial charge in [-0.2, -0.15) is 0 Å². The van der Waals surface area contributed by atoms with E-state index in [1.54, 1.807) is 12.1 Å². The topological polar surface area (TPSA) is 102 Å². The number of imide groups is 1. The van der Waals surface area contributed by atoms with E-state index < -0.39 is 24.5 Å². The second kappa shape index (κ2) is 8.26. The van der Waals surface area contributed by atoms with E-state index >= 15 is 0 Å². The van der Waals surface area contributed by atoms with Gasteiger partial charge in [-0.1, -0.05) is 17.3 Å². The first-order valence-corrected chi connectivity index (χ1v) is 9.35. The molecule has 8 nitrogen and oxygen atoms in total. The fourth-order valence-corrected chi connectivity index (χ4v) is 3.81. The summed E-state index contributed by atoms with van der Waals surface area (Å²) < 4.78 is 10.3. The van der Waals surface area contributed by atoms with E-state index in [1.807, 2.05) is 26.0 Å². The van der Waals surface area contributed by atoms with E-state index in [-0.39, 0.29) is 6.54 Å². The Morgan fingerprint density at radius 1 is 1.33 bits per heavy atom. The normalized spacial score (nSPS) is 13.6. The summed E-state index contributed by atoms with van der Waals surface area (Å²) in [5.41, 5.74) is 2.17. The summed E-state index contributed by atoms with van der Waals surface area (Å²) >= 11 is 1.46. The Hall–Kier alpha value is -2.81. The predicted octanol–water partition coefficient (Wildman–Crippen LogP) is 2.29. The molecule has 0 radical (unpaired) electrons. The van der Waals surface area contributed by atoms with E-state index in [9.17, 15) is 14.4 Å².